The van der Waals surface area contributed by atoms with E-state index >= 15 is 0 Å². The van der Waals surface area contributed by atoms with E-state index in [1.807, 2.05) is 12.1 Å². The predicted molar refractivity (Wildman–Crippen MR) is 109 cm³/mol. The number of benzene rings is 2. The number of nitrogens with zero attached hydrogens (tertiary/aromatic N) is 2. The van der Waals surface area contributed by atoms with E-state index in [2.05, 4.69) is 46.4 Å². The van der Waals surface area contributed by atoms with Crippen molar-refractivity contribution in [1.82, 2.24) is 4.90 Å². The molecule has 0 amide bonds. The first kappa shape index (κ1) is 17.7. The SMILES string of the molecule is CSc1ccc(Oc2ccc(N3CCN(C4CC4)CC3)cc2CN)cc1. The fourth-order valence-electron chi connectivity index (χ4n) is 3.58. The molecule has 0 unspecified atom stereocenters. The molecule has 4 nitrogen and oxygen atoms in total. The average Bonchev–Trinajstić information content (AvgIpc) is 3.54. The molecule has 4 rings (SSSR count). The highest BCUT2D eigenvalue weighted by Crippen LogP contribution is 2.32. The Hall–Kier alpha value is -1.69. The maximum atomic E-state index is 6.08. The fourth-order valence-corrected chi connectivity index (χ4v) is 3.99. The quantitative estimate of drug-likeness (QED) is 0.781. The predicted octanol–water partition coefficient (Wildman–Crippen LogP) is 3.94. The molecule has 2 aromatic rings. The van der Waals surface area contributed by atoms with Crippen molar-refractivity contribution in [3.05, 3.63) is 48.0 Å². The van der Waals surface area contributed by atoms with Gasteiger partial charge in [-0.3, -0.25) is 4.90 Å². The molecular weight excluding hydrogens is 342 g/mol. The number of ether oxygens (including phenoxy) is 1. The van der Waals surface area contributed by atoms with E-state index in [-0.39, 0.29) is 0 Å². The van der Waals surface area contributed by atoms with Gasteiger partial charge in [-0.05, 0) is 61.6 Å². The highest BCUT2D eigenvalue weighted by Gasteiger charge is 2.31. The van der Waals surface area contributed by atoms with E-state index in [0.29, 0.717) is 6.54 Å². The topological polar surface area (TPSA) is 41.7 Å². The van der Waals surface area contributed by atoms with Gasteiger partial charge in [0.05, 0.1) is 0 Å². The van der Waals surface area contributed by atoms with Crippen LogP contribution in [0.2, 0.25) is 0 Å². The summed E-state index contributed by atoms with van der Waals surface area (Å²) in [7, 11) is 0. The molecular formula is C21H27N3OS. The van der Waals surface area contributed by atoms with Gasteiger partial charge >= 0.3 is 0 Å². The van der Waals surface area contributed by atoms with Gasteiger partial charge in [-0.2, -0.15) is 0 Å². The van der Waals surface area contributed by atoms with Gasteiger partial charge in [0.1, 0.15) is 11.5 Å². The molecule has 0 spiro atoms. The summed E-state index contributed by atoms with van der Waals surface area (Å²) in [6.07, 6.45) is 4.86. The number of piperazine rings is 1. The molecule has 138 valence electrons. The summed E-state index contributed by atoms with van der Waals surface area (Å²) >= 11 is 1.73. The van der Waals surface area contributed by atoms with Gasteiger partial charge in [0.2, 0.25) is 0 Å². The smallest absolute Gasteiger partial charge is 0.132 e. The molecule has 0 aromatic heterocycles. The van der Waals surface area contributed by atoms with Crippen molar-refractivity contribution in [2.75, 3.05) is 37.3 Å². The highest BCUT2D eigenvalue weighted by atomic mass is 32.2. The number of hydrogen-bond acceptors (Lipinski definition) is 5. The summed E-state index contributed by atoms with van der Waals surface area (Å²) in [5, 5.41) is 0. The van der Waals surface area contributed by atoms with Crippen LogP contribution in [-0.2, 0) is 6.54 Å². The molecule has 2 N–H and O–H groups in total. The van der Waals surface area contributed by atoms with Crippen LogP contribution in [0.3, 0.4) is 0 Å². The van der Waals surface area contributed by atoms with Crippen molar-refractivity contribution in [2.45, 2.75) is 30.3 Å². The van der Waals surface area contributed by atoms with Crippen molar-refractivity contribution >= 4 is 17.4 Å². The van der Waals surface area contributed by atoms with Crippen LogP contribution < -0.4 is 15.4 Å². The summed E-state index contributed by atoms with van der Waals surface area (Å²) in [5.74, 6) is 1.70. The minimum Gasteiger partial charge on any atom is -0.457 e. The van der Waals surface area contributed by atoms with Gasteiger partial charge in [-0.15, -0.1) is 11.8 Å². The molecule has 1 saturated carbocycles. The van der Waals surface area contributed by atoms with Crippen LogP contribution in [0.1, 0.15) is 18.4 Å². The van der Waals surface area contributed by atoms with Crippen LogP contribution in [0.4, 0.5) is 5.69 Å². The zero-order valence-electron chi connectivity index (χ0n) is 15.4. The van der Waals surface area contributed by atoms with E-state index < -0.39 is 0 Å². The Bertz CT molecular complexity index is 737. The number of rotatable bonds is 6. The highest BCUT2D eigenvalue weighted by molar-refractivity contribution is 7.98. The van der Waals surface area contributed by atoms with Crippen LogP contribution in [0.5, 0.6) is 11.5 Å². The van der Waals surface area contributed by atoms with Crippen LogP contribution in [0.25, 0.3) is 0 Å². The van der Waals surface area contributed by atoms with Gasteiger partial charge < -0.3 is 15.4 Å². The third kappa shape index (κ3) is 4.00. The zero-order valence-corrected chi connectivity index (χ0v) is 16.2. The number of anilines is 1. The summed E-state index contributed by atoms with van der Waals surface area (Å²) in [6, 6.07) is 15.5. The number of thioether (sulfide) groups is 1. The molecule has 2 aliphatic rings. The Morgan fingerprint density at radius 2 is 1.77 bits per heavy atom. The third-order valence-electron chi connectivity index (χ3n) is 5.29. The largest absolute Gasteiger partial charge is 0.457 e. The average molecular weight is 370 g/mol. The fraction of sp³-hybridized carbons (Fsp3) is 0.429. The molecule has 26 heavy (non-hydrogen) atoms. The lowest BCUT2D eigenvalue weighted by atomic mass is 10.1. The molecule has 2 aromatic carbocycles. The van der Waals surface area contributed by atoms with Gasteiger partial charge in [0, 0.05) is 54.9 Å². The lowest BCUT2D eigenvalue weighted by Crippen LogP contribution is -2.47. The molecule has 5 heteroatoms. The number of nitrogens with two attached hydrogens (primary N) is 1. The Morgan fingerprint density at radius 1 is 1.04 bits per heavy atom. The summed E-state index contributed by atoms with van der Waals surface area (Å²) in [5.41, 5.74) is 8.32. The zero-order chi connectivity index (χ0) is 17.9. The standard InChI is InChI=1S/C21H27N3OS/c1-26-20-7-5-19(6-8-20)25-21-9-4-18(14-16(21)15-22)24-12-10-23(11-13-24)17-2-3-17/h4-9,14,17H,2-3,10-13,15,22H2,1H3. The van der Waals surface area contributed by atoms with E-state index in [0.717, 1.165) is 36.2 Å². The van der Waals surface area contributed by atoms with Crippen molar-refractivity contribution < 1.29 is 4.74 Å². The Balaban J connectivity index is 1.45. The van der Waals surface area contributed by atoms with Gasteiger partial charge in [0.25, 0.3) is 0 Å². The molecule has 0 bridgehead atoms. The lowest BCUT2D eigenvalue weighted by Gasteiger charge is -2.36. The van der Waals surface area contributed by atoms with Crippen molar-refractivity contribution in [3.63, 3.8) is 0 Å². The molecule has 0 radical (unpaired) electrons. The molecule has 1 aliphatic carbocycles. The Kier molecular flexibility index (Phi) is 5.38. The first-order valence-electron chi connectivity index (χ1n) is 9.41. The molecule has 1 saturated heterocycles. The van der Waals surface area contributed by atoms with E-state index in [1.54, 1.807) is 11.8 Å². The summed E-state index contributed by atoms with van der Waals surface area (Å²) < 4.78 is 6.08. The minimum atomic E-state index is 0.480. The van der Waals surface area contributed by atoms with Gasteiger partial charge in [-0.25, -0.2) is 0 Å². The lowest BCUT2D eigenvalue weighted by molar-refractivity contribution is 0.248. The summed E-state index contributed by atoms with van der Waals surface area (Å²) in [4.78, 5) is 6.34. The maximum absolute atomic E-state index is 6.08. The van der Waals surface area contributed by atoms with Crippen LogP contribution in [0, 0.1) is 0 Å². The molecule has 1 heterocycles. The second kappa shape index (κ2) is 7.91. The minimum absolute atomic E-state index is 0.480. The summed E-state index contributed by atoms with van der Waals surface area (Å²) in [6.45, 7) is 5.01. The van der Waals surface area contributed by atoms with E-state index in [1.165, 1.54) is 36.5 Å². The molecule has 0 atom stereocenters. The van der Waals surface area contributed by atoms with Crippen molar-refractivity contribution in [3.8, 4) is 11.5 Å². The second-order valence-electron chi connectivity index (χ2n) is 7.03. The van der Waals surface area contributed by atoms with E-state index in [4.69, 9.17) is 10.5 Å². The second-order valence-corrected chi connectivity index (χ2v) is 7.91. The first-order chi connectivity index (χ1) is 12.8. The van der Waals surface area contributed by atoms with Crippen LogP contribution >= 0.6 is 11.8 Å². The molecule has 2 fully saturated rings. The third-order valence-corrected chi connectivity index (χ3v) is 6.04. The van der Waals surface area contributed by atoms with Gasteiger partial charge in [0.15, 0.2) is 0 Å². The monoisotopic (exact) mass is 369 g/mol. The normalized spacial score (nSPS) is 18.2. The Morgan fingerprint density at radius 3 is 2.38 bits per heavy atom. The molecule has 1 aliphatic heterocycles. The van der Waals surface area contributed by atoms with Crippen molar-refractivity contribution in [2.24, 2.45) is 5.73 Å². The van der Waals surface area contributed by atoms with Gasteiger partial charge in [-0.1, -0.05) is 0 Å². The van der Waals surface area contributed by atoms with E-state index in [9.17, 15) is 0 Å². The number of hydrogen-bond donors (Lipinski definition) is 1. The first-order valence-corrected chi connectivity index (χ1v) is 10.6. The van der Waals surface area contributed by atoms with Crippen LogP contribution in [0.15, 0.2) is 47.4 Å². The van der Waals surface area contributed by atoms with Crippen molar-refractivity contribution in [1.29, 1.82) is 0 Å². The Labute approximate surface area is 160 Å². The van der Waals surface area contributed by atoms with Crippen LogP contribution in [-0.4, -0.2) is 43.4 Å². The maximum Gasteiger partial charge on any atom is 0.132 e.